The van der Waals surface area contributed by atoms with E-state index in [9.17, 15) is 13.2 Å². The van der Waals surface area contributed by atoms with E-state index >= 15 is 0 Å². The minimum Gasteiger partial charge on any atom is -0.374 e. The Morgan fingerprint density at radius 2 is 2.08 bits per heavy atom. The molecule has 0 atom stereocenters. The van der Waals surface area contributed by atoms with Gasteiger partial charge in [0.2, 0.25) is 5.95 Å². The molecule has 0 radical (unpaired) electrons. The van der Waals surface area contributed by atoms with Gasteiger partial charge in [0, 0.05) is 13.2 Å². The zero-order chi connectivity index (χ0) is 17.7. The lowest BCUT2D eigenvalue weighted by Gasteiger charge is -2.44. The topological polar surface area (TPSA) is 86.1 Å². The summed E-state index contributed by atoms with van der Waals surface area (Å²) in [6.07, 6.45) is -2.20. The summed E-state index contributed by atoms with van der Waals surface area (Å²) in [5.41, 5.74) is -0.122. The molecule has 2 N–H and O–H groups in total. The summed E-state index contributed by atoms with van der Waals surface area (Å²) in [7, 11) is 1.37. The maximum Gasteiger partial charge on any atom is 0.421 e. The van der Waals surface area contributed by atoms with Gasteiger partial charge in [0.15, 0.2) is 5.60 Å². The third kappa shape index (κ3) is 2.59. The molecule has 11 heteroatoms. The van der Waals surface area contributed by atoms with Crippen LogP contribution in [0.4, 0.5) is 30.6 Å². The molecule has 1 spiro atoms. The third-order valence-electron chi connectivity index (χ3n) is 4.20. The fraction of sp³-hybridized carbons (Fsp3) is 0.500. The minimum absolute atomic E-state index is 0.0362. The number of rotatable bonds is 3. The Kier molecular flexibility index (Phi) is 3.58. The van der Waals surface area contributed by atoms with E-state index in [1.54, 1.807) is 10.9 Å². The van der Waals surface area contributed by atoms with E-state index in [-0.39, 0.29) is 11.8 Å². The number of halogens is 3. The highest BCUT2D eigenvalue weighted by molar-refractivity contribution is 5.60. The van der Waals surface area contributed by atoms with Crippen LogP contribution in [0.25, 0.3) is 0 Å². The van der Waals surface area contributed by atoms with Crippen molar-refractivity contribution in [2.24, 2.45) is 0 Å². The molecule has 0 saturated carbocycles. The lowest BCUT2D eigenvalue weighted by molar-refractivity contribution is -0.231. The van der Waals surface area contributed by atoms with Crippen LogP contribution in [-0.2, 0) is 27.8 Å². The van der Waals surface area contributed by atoms with Crippen LogP contribution in [0.5, 0.6) is 0 Å². The first-order valence-electron chi connectivity index (χ1n) is 7.60. The molecular formula is C14H15F3N6O2. The summed E-state index contributed by atoms with van der Waals surface area (Å²) >= 11 is 0. The zero-order valence-electron chi connectivity index (χ0n) is 13.2. The fourth-order valence-corrected chi connectivity index (χ4v) is 2.99. The molecular weight excluding hydrogens is 341 g/mol. The molecule has 0 amide bonds. The van der Waals surface area contributed by atoms with Gasteiger partial charge in [-0.2, -0.15) is 23.3 Å². The maximum atomic E-state index is 12.9. The summed E-state index contributed by atoms with van der Waals surface area (Å²) in [5, 5.41) is 9.68. The maximum absolute atomic E-state index is 12.9. The molecule has 25 heavy (non-hydrogen) atoms. The molecule has 0 unspecified atom stereocenters. The molecule has 2 aliphatic heterocycles. The van der Waals surface area contributed by atoms with Crippen LogP contribution >= 0.6 is 0 Å². The predicted octanol–water partition coefficient (Wildman–Crippen LogP) is 1.73. The van der Waals surface area contributed by atoms with Crippen molar-refractivity contribution in [1.82, 2.24) is 19.7 Å². The van der Waals surface area contributed by atoms with Crippen molar-refractivity contribution in [3.05, 3.63) is 23.7 Å². The van der Waals surface area contributed by atoms with Crippen LogP contribution in [-0.4, -0.2) is 46.6 Å². The monoisotopic (exact) mass is 356 g/mol. The van der Waals surface area contributed by atoms with Crippen molar-refractivity contribution >= 4 is 17.5 Å². The number of hydrogen-bond donors (Lipinski definition) is 2. The lowest BCUT2D eigenvalue weighted by atomic mass is 9.95. The van der Waals surface area contributed by atoms with Crippen LogP contribution in [0.1, 0.15) is 11.3 Å². The van der Waals surface area contributed by atoms with Gasteiger partial charge in [0.1, 0.15) is 11.4 Å². The Morgan fingerprint density at radius 1 is 1.28 bits per heavy atom. The highest BCUT2D eigenvalue weighted by Gasteiger charge is 2.48. The summed E-state index contributed by atoms with van der Waals surface area (Å²) in [4.78, 5) is 7.69. The molecule has 1 saturated heterocycles. The molecule has 8 nitrogen and oxygen atoms in total. The number of anilines is 3. The average molecular weight is 356 g/mol. The van der Waals surface area contributed by atoms with Gasteiger partial charge >= 0.3 is 6.18 Å². The van der Waals surface area contributed by atoms with E-state index in [2.05, 4.69) is 25.7 Å². The van der Waals surface area contributed by atoms with Gasteiger partial charge in [0.05, 0.1) is 43.9 Å². The van der Waals surface area contributed by atoms with Crippen molar-refractivity contribution in [1.29, 1.82) is 0 Å². The van der Waals surface area contributed by atoms with E-state index in [1.807, 2.05) is 0 Å². The Morgan fingerprint density at radius 3 is 2.72 bits per heavy atom. The van der Waals surface area contributed by atoms with Crippen LogP contribution in [0.2, 0.25) is 0 Å². The quantitative estimate of drug-likeness (QED) is 0.866. The summed E-state index contributed by atoms with van der Waals surface area (Å²) in [6.45, 7) is 1.93. The molecule has 4 heterocycles. The molecule has 2 aliphatic rings. The molecule has 0 aliphatic carbocycles. The molecule has 0 bridgehead atoms. The number of nitrogens with one attached hydrogen (secondary N) is 2. The number of hydrogen-bond acceptors (Lipinski definition) is 7. The minimum atomic E-state index is -4.53. The van der Waals surface area contributed by atoms with Gasteiger partial charge < -0.3 is 20.1 Å². The van der Waals surface area contributed by atoms with Gasteiger partial charge in [-0.15, -0.1) is 0 Å². The summed E-state index contributed by atoms with van der Waals surface area (Å²) < 4.78 is 51.7. The highest BCUT2D eigenvalue weighted by Crippen LogP contribution is 2.41. The first kappa shape index (κ1) is 16.1. The Labute approximate surface area is 140 Å². The molecule has 134 valence electrons. The number of ether oxygens (including phenoxy) is 2. The van der Waals surface area contributed by atoms with Gasteiger partial charge in [-0.05, 0) is 0 Å². The van der Waals surface area contributed by atoms with Crippen molar-refractivity contribution in [3.8, 4) is 0 Å². The van der Waals surface area contributed by atoms with Crippen molar-refractivity contribution in [2.45, 2.75) is 18.3 Å². The van der Waals surface area contributed by atoms with Crippen LogP contribution in [0.15, 0.2) is 12.4 Å². The molecule has 4 rings (SSSR count). The Hall–Kier alpha value is -2.40. The van der Waals surface area contributed by atoms with Gasteiger partial charge in [0.25, 0.3) is 0 Å². The van der Waals surface area contributed by atoms with Gasteiger partial charge in [-0.1, -0.05) is 0 Å². The van der Waals surface area contributed by atoms with Crippen molar-refractivity contribution < 1.29 is 22.6 Å². The number of nitrogens with zero attached hydrogens (tertiary/aromatic N) is 4. The second-order valence-corrected chi connectivity index (χ2v) is 5.79. The van der Waals surface area contributed by atoms with E-state index in [0.717, 1.165) is 11.9 Å². The normalized spacial score (nSPS) is 18.6. The summed E-state index contributed by atoms with van der Waals surface area (Å²) in [5.74, 6) is -0.266. The number of aromatic nitrogens is 4. The van der Waals surface area contributed by atoms with E-state index in [4.69, 9.17) is 9.47 Å². The lowest BCUT2D eigenvalue weighted by Crippen LogP contribution is -2.53. The Balaban J connectivity index is 1.67. The van der Waals surface area contributed by atoms with Crippen LogP contribution < -0.4 is 10.6 Å². The van der Waals surface area contributed by atoms with Crippen LogP contribution in [0.3, 0.4) is 0 Å². The molecule has 1 fully saturated rings. The largest absolute Gasteiger partial charge is 0.421 e. The van der Waals surface area contributed by atoms with Crippen molar-refractivity contribution in [2.75, 3.05) is 37.5 Å². The second kappa shape index (κ2) is 5.56. The van der Waals surface area contributed by atoms with Crippen LogP contribution in [0, 0.1) is 0 Å². The molecule has 2 aromatic rings. The average Bonchev–Trinajstić information content (AvgIpc) is 2.95. The Bertz CT molecular complexity index is 802. The second-order valence-electron chi connectivity index (χ2n) is 5.79. The third-order valence-corrected chi connectivity index (χ3v) is 4.20. The predicted molar refractivity (Wildman–Crippen MR) is 80.5 cm³/mol. The van der Waals surface area contributed by atoms with Gasteiger partial charge in [-0.25, -0.2) is 4.98 Å². The van der Waals surface area contributed by atoms with Gasteiger partial charge in [-0.3, -0.25) is 4.68 Å². The first-order valence-corrected chi connectivity index (χ1v) is 7.60. The highest BCUT2D eigenvalue weighted by atomic mass is 19.4. The SMILES string of the molecule is CNc1nc(Nc2cnn3c2C2(COC2)OCC3)ncc1C(F)(F)F. The number of alkyl halides is 3. The first-order chi connectivity index (χ1) is 11.9. The standard InChI is InChI=1S/C14H15F3N6O2/c1-18-11-8(14(15,16)17)4-19-12(22-11)21-9-5-20-23-2-3-25-13(10(9)23)6-24-7-13/h4-5H,2-3,6-7H2,1H3,(H2,18,19,21,22). The van der Waals surface area contributed by atoms with E-state index in [1.165, 1.54) is 7.05 Å². The molecule has 0 aromatic carbocycles. The fourth-order valence-electron chi connectivity index (χ4n) is 2.99. The zero-order valence-corrected chi connectivity index (χ0v) is 13.2. The van der Waals surface area contributed by atoms with Crippen molar-refractivity contribution in [3.63, 3.8) is 0 Å². The van der Waals surface area contributed by atoms with E-state index < -0.39 is 17.3 Å². The molecule has 2 aromatic heterocycles. The smallest absolute Gasteiger partial charge is 0.374 e. The van der Waals surface area contributed by atoms with E-state index in [0.29, 0.717) is 32.1 Å². The summed E-state index contributed by atoms with van der Waals surface area (Å²) in [6, 6.07) is 0. The number of fused-ring (bicyclic) bond motifs is 2.